The molecule has 1 aliphatic carbocycles. The van der Waals surface area contributed by atoms with E-state index < -0.39 is 0 Å². The van der Waals surface area contributed by atoms with Gasteiger partial charge in [0.05, 0.1) is 11.0 Å². The van der Waals surface area contributed by atoms with Crippen LogP contribution in [-0.4, -0.2) is 4.57 Å². The number of nitrogens with zero attached hydrogens (tertiary/aromatic N) is 2. The van der Waals surface area contributed by atoms with E-state index in [0.29, 0.717) is 0 Å². The predicted octanol–water partition coefficient (Wildman–Crippen LogP) is 14.9. The molecule has 0 radical (unpaired) electrons. The van der Waals surface area contributed by atoms with Crippen molar-refractivity contribution in [2.24, 2.45) is 0 Å². The zero-order chi connectivity index (χ0) is 37.7. The lowest BCUT2D eigenvalue weighted by Gasteiger charge is -2.34. The molecule has 8 aromatic carbocycles. The lowest BCUT2D eigenvalue weighted by Crippen LogP contribution is -2.18. The van der Waals surface area contributed by atoms with Crippen LogP contribution >= 0.6 is 0 Å². The molecule has 0 N–H and O–H groups in total. The van der Waals surface area contributed by atoms with Gasteiger partial charge < -0.3 is 9.47 Å². The third-order valence-corrected chi connectivity index (χ3v) is 11.8. The van der Waals surface area contributed by atoms with Crippen LogP contribution < -0.4 is 4.90 Å². The Morgan fingerprint density at radius 1 is 0.368 bits per heavy atom. The summed E-state index contributed by atoms with van der Waals surface area (Å²) >= 11 is 0. The Balaban J connectivity index is 0.992. The van der Waals surface area contributed by atoms with Crippen LogP contribution in [0.3, 0.4) is 0 Å². The topological polar surface area (TPSA) is 8.17 Å². The maximum Gasteiger partial charge on any atom is 0.0541 e. The van der Waals surface area contributed by atoms with E-state index in [1.54, 1.807) is 0 Å². The molecule has 0 spiro atoms. The first-order valence-corrected chi connectivity index (χ1v) is 20.0. The molecular formula is C55H40N2. The summed E-state index contributed by atoms with van der Waals surface area (Å²) in [7, 11) is 0. The van der Waals surface area contributed by atoms with Gasteiger partial charge >= 0.3 is 0 Å². The molecule has 2 heterocycles. The number of allylic oxidation sites excluding steroid dienone is 4. The second kappa shape index (κ2) is 13.8. The quantitative estimate of drug-likeness (QED) is 0.165. The van der Waals surface area contributed by atoms with Crippen LogP contribution in [0.25, 0.3) is 66.4 Å². The number of anilines is 3. The highest BCUT2D eigenvalue weighted by atomic mass is 15.2. The molecule has 0 unspecified atom stereocenters. The van der Waals surface area contributed by atoms with Gasteiger partial charge in [0.15, 0.2) is 0 Å². The van der Waals surface area contributed by atoms with E-state index in [1.165, 1.54) is 94.5 Å². The predicted molar refractivity (Wildman–Crippen MR) is 241 cm³/mol. The van der Waals surface area contributed by atoms with Gasteiger partial charge in [0, 0.05) is 39.9 Å². The van der Waals surface area contributed by atoms with Gasteiger partial charge in [0.2, 0.25) is 0 Å². The number of aromatic nitrogens is 1. The maximum absolute atomic E-state index is 2.43. The van der Waals surface area contributed by atoms with Crippen molar-refractivity contribution in [3.8, 4) is 39.1 Å². The van der Waals surface area contributed by atoms with Crippen molar-refractivity contribution in [2.45, 2.75) is 19.3 Å². The van der Waals surface area contributed by atoms with Gasteiger partial charge in [0.1, 0.15) is 0 Å². The molecule has 0 atom stereocenters. The first kappa shape index (κ1) is 33.2. The molecule has 0 amide bonds. The van der Waals surface area contributed by atoms with Crippen molar-refractivity contribution in [1.82, 2.24) is 4.57 Å². The Bertz CT molecular complexity index is 3010. The van der Waals surface area contributed by atoms with Gasteiger partial charge in [-0.1, -0.05) is 133 Å². The van der Waals surface area contributed by atoms with Crippen molar-refractivity contribution in [3.63, 3.8) is 0 Å². The monoisotopic (exact) mass is 728 g/mol. The highest BCUT2D eigenvalue weighted by molar-refractivity contribution is 6.11. The van der Waals surface area contributed by atoms with Crippen molar-refractivity contribution in [1.29, 1.82) is 0 Å². The molecule has 1 aromatic heterocycles. The first-order chi connectivity index (χ1) is 28.2. The first-order valence-electron chi connectivity index (χ1n) is 20.0. The van der Waals surface area contributed by atoms with Crippen LogP contribution in [0.5, 0.6) is 0 Å². The molecule has 2 heteroatoms. The van der Waals surface area contributed by atoms with E-state index in [1.807, 2.05) is 0 Å². The number of benzene rings is 8. The fourth-order valence-electron chi connectivity index (χ4n) is 8.99. The highest BCUT2D eigenvalue weighted by Gasteiger charge is 2.25. The molecule has 11 rings (SSSR count). The van der Waals surface area contributed by atoms with Crippen LogP contribution in [0.15, 0.2) is 206 Å². The molecule has 0 bridgehead atoms. The van der Waals surface area contributed by atoms with Crippen LogP contribution in [0.4, 0.5) is 17.1 Å². The van der Waals surface area contributed by atoms with Gasteiger partial charge in [-0.2, -0.15) is 0 Å². The fourth-order valence-corrected chi connectivity index (χ4v) is 8.99. The summed E-state index contributed by atoms with van der Waals surface area (Å²) in [6.45, 7) is 0. The van der Waals surface area contributed by atoms with E-state index in [0.717, 1.165) is 24.9 Å². The van der Waals surface area contributed by atoms with E-state index in [9.17, 15) is 0 Å². The molecule has 57 heavy (non-hydrogen) atoms. The fraction of sp³-hybridized carbons (Fsp3) is 0.0545. The largest absolute Gasteiger partial charge is 0.310 e. The van der Waals surface area contributed by atoms with Crippen molar-refractivity contribution in [2.75, 3.05) is 4.90 Å². The zero-order valence-corrected chi connectivity index (χ0v) is 31.6. The molecule has 9 aromatic rings. The number of rotatable bonds is 6. The summed E-state index contributed by atoms with van der Waals surface area (Å²) in [5.41, 5.74) is 19.9. The Hall–Kier alpha value is -7.16. The average Bonchev–Trinajstić information content (AvgIpc) is 3.62. The summed E-state index contributed by atoms with van der Waals surface area (Å²) < 4.78 is 2.43. The zero-order valence-electron chi connectivity index (χ0n) is 31.6. The Morgan fingerprint density at radius 3 is 1.44 bits per heavy atom. The summed E-state index contributed by atoms with van der Waals surface area (Å²) in [5.74, 6) is 0. The van der Waals surface area contributed by atoms with Crippen molar-refractivity contribution >= 4 is 44.4 Å². The maximum atomic E-state index is 2.43. The molecule has 0 saturated heterocycles. The van der Waals surface area contributed by atoms with E-state index in [-0.39, 0.29) is 0 Å². The Kier molecular flexibility index (Phi) is 8.07. The van der Waals surface area contributed by atoms with Gasteiger partial charge in [-0.3, -0.25) is 0 Å². The SMILES string of the molecule is C1=CC(c2ccc3c(c2)c2cc(-c4ccccc4)ccc2n3-c2ccc(-c3ccc4c(c3)Cc3cc(-c5ccccc5)ccc3N4c3ccccc3)cc2)=CCC1. The highest BCUT2D eigenvalue weighted by Crippen LogP contribution is 2.46. The number of hydrogen-bond donors (Lipinski definition) is 0. The normalized spacial score (nSPS) is 13.4. The van der Waals surface area contributed by atoms with Gasteiger partial charge in [-0.25, -0.2) is 0 Å². The molecule has 2 nitrogen and oxygen atoms in total. The van der Waals surface area contributed by atoms with Gasteiger partial charge in [0.25, 0.3) is 0 Å². The number of fused-ring (bicyclic) bond motifs is 5. The minimum Gasteiger partial charge on any atom is -0.310 e. The number of hydrogen-bond acceptors (Lipinski definition) is 1. The summed E-state index contributed by atoms with van der Waals surface area (Å²) in [4.78, 5) is 2.42. The molecule has 270 valence electrons. The molecular weight excluding hydrogens is 689 g/mol. The third-order valence-electron chi connectivity index (χ3n) is 11.8. The minimum atomic E-state index is 0.877. The molecule has 0 saturated carbocycles. The molecule has 2 aliphatic rings. The second-order valence-electron chi connectivity index (χ2n) is 15.3. The lowest BCUT2D eigenvalue weighted by atomic mass is 9.90. The van der Waals surface area contributed by atoms with Crippen LogP contribution in [0.2, 0.25) is 0 Å². The van der Waals surface area contributed by atoms with Crippen molar-refractivity contribution < 1.29 is 0 Å². The van der Waals surface area contributed by atoms with Crippen molar-refractivity contribution in [3.05, 3.63) is 223 Å². The van der Waals surface area contributed by atoms with Crippen LogP contribution in [-0.2, 0) is 6.42 Å². The van der Waals surface area contributed by atoms with E-state index in [2.05, 4.69) is 216 Å². The van der Waals surface area contributed by atoms with Gasteiger partial charge in [-0.15, -0.1) is 0 Å². The molecule has 0 fully saturated rings. The summed E-state index contributed by atoms with van der Waals surface area (Å²) in [6.07, 6.45) is 10.0. The average molecular weight is 729 g/mol. The smallest absolute Gasteiger partial charge is 0.0541 e. The Labute approximate surface area is 333 Å². The summed E-state index contributed by atoms with van der Waals surface area (Å²) in [6, 6.07) is 69.2. The standard InChI is InChI=1S/C55H40N2/c1-5-13-38(14-6-1)42-23-29-52-46(33-42)35-47-34-43(24-30-53(47)56(52)48-19-11-4-12-20-48)41-21-27-49(28-22-41)57-54-31-25-44(39-15-7-2-8-16-39)36-50(54)51-37-45(26-32-55(51)57)40-17-9-3-10-18-40/h1-2,4-9,11-34,36-37H,3,10,35H2. The molecule has 1 aliphatic heterocycles. The lowest BCUT2D eigenvalue weighted by molar-refractivity contribution is 1.04. The van der Waals surface area contributed by atoms with E-state index in [4.69, 9.17) is 0 Å². The number of para-hydroxylation sites is 1. The van der Waals surface area contributed by atoms with E-state index >= 15 is 0 Å². The van der Waals surface area contributed by atoms with Crippen LogP contribution in [0, 0.1) is 0 Å². The van der Waals surface area contributed by atoms with Crippen LogP contribution in [0.1, 0.15) is 29.5 Å². The summed E-state index contributed by atoms with van der Waals surface area (Å²) in [5, 5.41) is 2.55. The second-order valence-corrected chi connectivity index (χ2v) is 15.3. The van der Waals surface area contributed by atoms with Gasteiger partial charge in [-0.05, 0) is 141 Å². The minimum absolute atomic E-state index is 0.877. The Morgan fingerprint density at radius 2 is 0.860 bits per heavy atom. The third kappa shape index (κ3) is 5.89.